The molecule has 1 heterocycles. The Hall–Kier alpha value is -1.35. The van der Waals surface area contributed by atoms with Crippen molar-refractivity contribution in [1.29, 1.82) is 0 Å². The lowest BCUT2D eigenvalue weighted by molar-refractivity contribution is -0.127. The van der Waals surface area contributed by atoms with Crippen molar-refractivity contribution in [2.75, 3.05) is 13.1 Å². The first-order valence-corrected chi connectivity index (χ1v) is 9.23. The van der Waals surface area contributed by atoms with Crippen LogP contribution in [0.5, 0.6) is 0 Å². The van der Waals surface area contributed by atoms with Crippen LogP contribution < -0.4 is 10.6 Å². The van der Waals surface area contributed by atoms with E-state index in [9.17, 15) is 4.79 Å². The Morgan fingerprint density at radius 3 is 2.70 bits per heavy atom. The van der Waals surface area contributed by atoms with Gasteiger partial charge in [0.2, 0.25) is 5.91 Å². The highest BCUT2D eigenvalue weighted by Crippen LogP contribution is 2.68. The minimum absolute atomic E-state index is 0.136. The minimum atomic E-state index is -0.136. The van der Waals surface area contributed by atoms with Crippen molar-refractivity contribution in [2.24, 2.45) is 10.8 Å². The molecule has 4 rings (SSSR count). The first-order chi connectivity index (χ1) is 11.1. The summed E-state index contributed by atoms with van der Waals surface area (Å²) in [4.78, 5) is 12.7. The molecule has 2 aliphatic carbocycles. The molecule has 1 aromatic carbocycles. The molecule has 1 spiro atoms. The number of hydrogen-bond donors (Lipinski definition) is 2. The Morgan fingerprint density at radius 2 is 1.91 bits per heavy atom. The van der Waals surface area contributed by atoms with E-state index in [1.165, 1.54) is 42.4 Å². The van der Waals surface area contributed by atoms with Gasteiger partial charge < -0.3 is 10.6 Å². The first kappa shape index (κ1) is 15.2. The second-order valence-electron chi connectivity index (χ2n) is 8.03. The number of aryl methyl sites for hydroxylation is 2. The minimum Gasteiger partial charge on any atom is -0.352 e. The smallest absolute Gasteiger partial charge is 0.226 e. The highest BCUT2D eigenvalue weighted by atomic mass is 16.2. The third-order valence-corrected chi connectivity index (χ3v) is 6.67. The number of nitrogens with one attached hydrogen (secondary N) is 2. The van der Waals surface area contributed by atoms with Gasteiger partial charge in [-0.15, -0.1) is 0 Å². The van der Waals surface area contributed by atoms with Gasteiger partial charge in [-0.25, -0.2) is 0 Å². The molecule has 1 aromatic rings. The molecule has 2 N–H and O–H groups in total. The van der Waals surface area contributed by atoms with Crippen LogP contribution in [0.3, 0.4) is 0 Å². The Balaban J connectivity index is 1.39. The van der Waals surface area contributed by atoms with Crippen LogP contribution in [0.15, 0.2) is 18.2 Å². The maximum absolute atomic E-state index is 12.7. The Bertz CT molecular complexity index is 618. The molecule has 1 saturated heterocycles. The normalized spacial score (nSPS) is 28.2. The zero-order valence-corrected chi connectivity index (χ0v) is 14.2. The van der Waals surface area contributed by atoms with E-state index in [-0.39, 0.29) is 16.7 Å². The largest absolute Gasteiger partial charge is 0.352 e. The summed E-state index contributed by atoms with van der Waals surface area (Å²) in [5.41, 5.74) is 4.40. The summed E-state index contributed by atoms with van der Waals surface area (Å²) in [6.45, 7) is 4.97. The maximum Gasteiger partial charge on any atom is 0.226 e. The predicted octanol–water partition coefficient (Wildman–Crippen LogP) is 2.96. The fourth-order valence-corrected chi connectivity index (χ4v) is 4.86. The monoisotopic (exact) mass is 312 g/mol. The molecule has 124 valence electrons. The molecule has 1 aliphatic heterocycles. The van der Waals surface area contributed by atoms with Crippen molar-refractivity contribution in [1.82, 2.24) is 10.6 Å². The highest BCUT2D eigenvalue weighted by Gasteiger charge is 2.67. The first-order valence-electron chi connectivity index (χ1n) is 9.23. The van der Waals surface area contributed by atoms with Gasteiger partial charge >= 0.3 is 0 Å². The van der Waals surface area contributed by atoms with Crippen LogP contribution in [0.4, 0.5) is 0 Å². The van der Waals surface area contributed by atoms with E-state index >= 15 is 0 Å². The van der Waals surface area contributed by atoms with E-state index in [1.54, 1.807) is 0 Å². The van der Waals surface area contributed by atoms with E-state index in [4.69, 9.17) is 0 Å². The number of carbonyl (C=O) groups is 1. The summed E-state index contributed by atoms with van der Waals surface area (Å²) in [6, 6.07) is 6.77. The molecule has 3 aliphatic rings. The lowest BCUT2D eigenvalue weighted by Gasteiger charge is -2.27. The average molecular weight is 312 g/mol. The summed E-state index contributed by atoms with van der Waals surface area (Å²) >= 11 is 0. The molecular weight excluding hydrogens is 284 g/mol. The lowest BCUT2D eigenvalue weighted by Crippen LogP contribution is -2.38. The van der Waals surface area contributed by atoms with Gasteiger partial charge in [0.1, 0.15) is 0 Å². The van der Waals surface area contributed by atoms with Gasteiger partial charge in [0.25, 0.3) is 0 Å². The van der Waals surface area contributed by atoms with Crippen molar-refractivity contribution in [2.45, 2.75) is 58.4 Å². The standard InChI is InChI=1S/C20H28N2O/c1-19(14-20(19)8-10-21-11-9-20)18(23)22-13-15-6-7-16-4-2-3-5-17(16)12-15/h6-7,12,21H,2-5,8-11,13-14H2,1H3,(H,22,23). The van der Waals surface area contributed by atoms with Gasteiger partial charge in [-0.05, 0) is 80.1 Å². The molecule has 1 atom stereocenters. The van der Waals surface area contributed by atoms with Crippen molar-refractivity contribution in [3.05, 3.63) is 34.9 Å². The third-order valence-electron chi connectivity index (χ3n) is 6.67. The molecule has 0 radical (unpaired) electrons. The number of benzene rings is 1. The molecule has 0 aromatic heterocycles. The van der Waals surface area contributed by atoms with E-state index < -0.39 is 0 Å². The summed E-state index contributed by atoms with van der Waals surface area (Å²) in [5.74, 6) is 0.261. The zero-order valence-electron chi connectivity index (χ0n) is 14.2. The van der Waals surface area contributed by atoms with Crippen molar-refractivity contribution < 1.29 is 4.79 Å². The van der Waals surface area contributed by atoms with Crippen LogP contribution in [0.2, 0.25) is 0 Å². The van der Waals surface area contributed by atoms with Gasteiger partial charge in [-0.2, -0.15) is 0 Å². The van der Waals surface area contributed by atoms with Crippen LogP contribution in [-0.2, 0) is 24.2 Å². The number of amides is 1. The SMILES string of the molecule is CC1(C(=O)NCc2ccc3c(c2)CCCC3)CC12CCNCC2. The van der Waals surface area contributed by atoms with Gasteiger partial charge in [0.05, 0.1) is 5.41 Å². The Morgan fingerprint density at radius 1 is 1.17 bits per heavy atom. The van der Waals surface area contributed by atoms with Gasteiger partial charge in [0, 0.05) is 6.54 Å². The van der Waals surface area contributed by atoms with E-state index in [1.807, 2.05) is 0 Å². The average Bonchev–Trinajstić information content (AvgIpc) is 3.17. The fraction of sp³-hybridized carbons (Fsp3) is 0.650. The third kappa shape index (κ3) is 2.59. The molecule has 0 bridgehead atoms. The number of rotatable bonds is 3. The lowest BCUT2D eigenvalue weighted by atomic mass is 9.85. The number of fused-ring (bicyclic) bond motifs is 1. The van der Waals surface area contributed by atoms with Crippen LogP contribution in [0.1, 0.15) is 55.7 Å². The zero-order chi connectivity index (χ0) is 15.9. The Labute approximate surface area is 139 Å². The van der Waals surface area contributed by atoms with Crippen molar-refractivity contribution in [3.8, 4) is 0 Å². The van der Waals surface area contributed by atoms with E-state index in [0.717, 1.165) is 32.4 Å². The van der Waals surface area contributed by atoms with Crippen LogP contribution >= 0.6 is 0 Å². The second-order valence-corrected chi connectivity index (χ2v) is 8.03. The van der Waals surface area contributed by atoms with Gasteiger partial charge in [-0.1, -0.05) is 25.1 Å². The topological polar surface area (TPSA) is 41.1 Å². The molecule has 1 amide bonds. The van der Waals surface area contributed by atoms with E-state index in [0.29, 0.717) is 6.54 Å². The second kappa shape index (κ2) is 5.62. The fourth-order valence-electron chi connectivity index (χ4n) is 4.86. The van der Waals surface area contributed by atoms with Gasteiger partial charge in [-0.3, -0.25) is 4.79 Å². The number of hydrogen-bond acceptors (Lipinski definition) is 2. The quantitative estimate of drug-likeness (QED) is 0.901. The van der Waals surface area contributed by atoms with Crippen molar-refractivity contribution >= 4 is 5.91 Å². The summed E-state index contributed by atoms with van der Waals surface area (Å²) in [7, 11) is 0. The molecule has 3 nitrogen and oxygen atoms in total. The van der Waals surface area contributed by atoms with E-state index in [2.05, 4.69) is 35.8 Å². The van der Waals surface area contributed by atoms with Crippen molar-refractivity contribution in [3.63, 3.8) is 0 Å². The van der Waals surface area contributed by atoms with Crippen LogP contribution in [0.25, 0.3) is 0 Å². The molecule has 2 fully saturated rings. The number of carbonyl (C=O) groups excluding carboxylic acids is 1. The summed E-state index contributed by atoms with van der Waals surface area (Å²) in [5, 5.41) is 6.63. The predicted molar refractivity (Wildman–Crippen MR) is 92.2 cm³/mol. The molecule has 3 heteroatoms. The van der Waals surface area contributed by atoms with Crippen LogP contribution in [-0.4, -0.2) is 19.0 Å². The number of piperidine rings is 1. The Kier molecular flexibility index (Phi) is 3.72. The summed E-state index contributed by atoms with van der Waals surface area (Å²) < 4.78 is 0. The summed E-state index contributed by atoms with van der Waals surface area (Å²) in [6.07, 6.45) is 8.40. The molecule has 1 saturated carbocycles. The van der Waals surface area contributed by atoms with Crippen LogP contribution in [0, 0.1) is 10.8 Å². The molecule has 23 heavy (non-hydrogen) atoms. The molecule has 1 unspecified atom stereocenters. The van der Waals surface area contributed by atoms with Gasteiger partial charge in [0.15, 0.2) is 0 Å². The molecular formula is C20H28N2O. The maximum atomic E-state index is 12.7. The highest BCUT2D eigenvalue weighted by molar-refractivity contribution is 5.86.